The Kier molecular flexibility index (Phi) is 5.89. The first-order chi connectivity index (χ1) is 13.3. The van der Waals surface area contributed by atoms with E-state index >= 15 is 0 Å². The number of anilines is 1. The van der Waals surface area contributed by atoms with Crippen molar-refractivity contribution in [3.63, 3.8) is 0 Å². The van der Waals surface area contributed by atoms with Gasteiger partial charge in [-0.05, 0) is 49.2 Å². The molecule has 0 saturated carbocycles. The third-order valence-electron chi connectivity index (χ3n) is 4.38. The lowest BCUT2D eigenvalue weighted by molar-refractivity contribution is 0.344. The van der Waals surface area contributed by atoms with E-state index in [4.69, 9.17) is 20.8 Å². The number of benzene rings is 1. The lowest BCUT2D eigenvalue weighted by Crippen LogP contribution is -2.22. The Bertz CT molecular complexity index is 845. The number of halogens is 1. The zero-order valence-corrected chi connectivity index (χ0v) is 16.5. The second kappa shape index (κ2) is 8.71. The van der Waals surface area contributed by atoms with Crippen molar-refractivity contribution in [1.82, 2.24) is 14.8 Å². The summed E-state index contributed by atoms with van der Waals surface area (Å²) in [6.45, 7) is 3.27. The molecule has 0 unspecified atom stereocenters. The van der Waals surface area contributed by atoms with Crippen LogP contribution in [0.15, 0.2) is 52.2 Å². The third-order valence-corrected chi connectivity index (χ3v) is 5.56. The van der Waals surface area contributed by atoms with E-state index in [1.807, 2.05) is 36.4 Å². The van der Waals surface area contributed by atoms with Crippen molar-refractivity contribution in [3.05, 3.63) is 53.4 Å². The van der Waals surface area contributed by atoms with Crippen LogP contribution >= 0.6 is 23.4 Å². The van der Waals surface area contributed by atoms with Crippen LogP contribution in [0.1, 0.15) is 18.6 Å². The summed E-state index contributed by atoms with van der Waals surface area (Å²) >= 11 is 7.54. The highest BCUT2D eigenvalue weighted by atomic mass is 35.5. The van der Waals surface area contributed by atoms with Gasteiger partial charge >= 0.3 is 0 Å². The summed E-state index contributed by atoms with van der Waals surface area (Å²) < 4.78 is 13.4. The summed E-state index contributed by atoms with van der Waals surface area (Å²) in [7, 11) is 0. The molecule has 142 valence electrons. The Labute approximate surface area is 167 Å². The van der Waals surface area contributed by atoms with Gasteiger partial charge in [0.25, 0.3) is 0 Å². The summed E-state index contributed by atoms with van der Waals surface area (Å²) in [5.41, 5.74) is 0. The Balaban J connectivity index is 1.41. The predicted molar refractivity (Wildman–Crippen MR) is 107 cm³/mol. The molecule has 2 aromatic heterocycles. The average Bonchev–Trinajstić information content (AvgIpc) is 3.43. The number of furan rings is 1. The van der Waals surface area contributed by atoms with Gasteiger partial charge in [-0.25, -0.2) is 0 Å². The molecule has 27 heavy (non-hydrogen) atoms. The number of ether oxygens (including phenoxy) is 1. The van der Waals surface area contributed by atoms with Gasteiger partial charge in [-0.3, -0.25) is 4.57 Å². The molecule has 0 N–H and O–H groups in total. The average molecular weight is 405 g/mol. The molecule has 0 radical (unpaired) electrons. The number of aromatic nitrogens is 3. The maximum atomic E-state index is 5.90. The first-order valence-electron chi connectivity index (χ1n) is 9.01. The third kappa shape index (κ3) is 4.59. The fraction of sp³-hybridized carbons (Fsp3) is 0.368. The molecule has 8 heteroatoms. The van der Waals surface area contributed by atoms with Gasteiger partial charge < -0.3 is 14.1 Å². The van der Waals surface area contributed by atoms with E-state index in [-0.39, 0.29) is 0 Å². The van der Waals surface area contributed by atoms with E-state index in [1.165, 1.54) is 12.8 Å². The quantitative estimate of drug-likeness (QED) is 0.411. The Morgan fingerprint density at radius 2 is 1.93 bits per heavy atom. The molecule has 1 fully saturated rings. The molecule has 1 saturated heterocycles. The van der Waals surface area contributed by atoms with Crippen LogP contribution in [0.2, 0.25) is 5.02 Å². The summed E-state index contributed by atoms with van der Waals surface area (Å²) in [5, 5.41) is 10.5. The second-order valence-electron chi connectivity index (χ2n) is 6.29. The lowest BCUT2D eigenvalue weighted by Gasteiger charge is -2.17. The molecular formula is C19H21ClN4O2S. The van der Waals surface area contributed by atoms with Crippen molar-refractivity contribution < 1.29 is 9.15 Å². The normalized spacial score (nSPS) is 14.0. The Morgan fingerprint density at radius 1 is 1.11 bits per heavy atom. The number of thioether (sulfide) groups is 1. The van der Waals surface area contributed by atoms with Crippen molar-refractivity contribution in [2.45, 2.75) is 24.5 Å². The maximum absolute atomic E-state index is 5.90. The molecule has 0 amide bonds. The first-order valence-corrected chi connectivity index (χ1v) is 10.4. The molecular weight excluding hydrogens is 384 g/mol. The van der Waals surface area contributed by atoms with Gasteiger partial charge in [0.1, 0.15) is 11.5 Å². The molecule has 3 aromatic rings. The van der Waals surface area contributed by atoms with Crippen LogP contribution in [-0.4, -0.2) is 40.2 Å². The molecule has 1 aliphatic rings. The Morgan fingerprint density at radius 3 is 2.67 bits per heavy atom. The van der Waals surface area contributed by atoms with Crippen LogP contribution in [0.3, 0.4) is 0 Å². The molecule has 6 nitrogen and oxygen atoms in total. The van der Waals surface area contributed by atoms with Gasteiger partial charge in [0.15, 0.2) is 5.16 Å². The highest BCUT2D eigenvalue weighted by molar-refractivity contribution is 7.99. The SMILES string of the molecule is Clc1ccc(OCCSc2nnc(N3CCCC3)n2Cc2ccco2)cc1. The fourth-order valence-corrected chi connectivity index (χ4v) is 3.93. The molecule has 3 heterocycles. The molecule has 0 spiro atoms. The summed E-state index contributed by atoms with van der Waals surface area (Å²) in [5.74, 6) is 3.41. The van der Waals surface area contributed by atoms with Crippen molar-refractivity contribution in [3.8, 4) is 5.75 Å². The highest BCUT2D eigenvalue weighted by Crippen LogP contribution is 2.26. The summed E-state index contributed by atoms with van der Waals surface area (Å²) in [4.78, 5) is 2.30. The fourth-order valence-electron chi connectivity index (χ4n) is 3.06. The Hall–Kier alpha value is -2.12. The topological polar surface area (TPSA) is 56.3 Å². The minimum atomic E-state index is 0.582. The van der Waals surface area contributed by atoms with Crippen molar-refractivity contribution in [2.24, 2.45) is 0 Å². The van der Waals surface area contributed by atoms with Crippen LogP contribution in [0.25, 0.3) is 0 Å². The first kappa shape index (κ1) is 18.3. The van der Waals surface area contributed by atoms with E-state index < -0.39 is 0 Å². The molecule has 0 atom stereocenters. The van der Waals surface area contributed by atoms with E-state index in [1.54, 1.807) is 18.0 Å². The van der Waals surface area contributed by atoms with E-state index in [2.05, 4.69) is 19.7 Å². The largest absolute Gasteiger partial charge is 0.493 e. The van der Waals surface area contributed by atoms with Crippen molar-refractivity contribution in [2.75, 3.05) is 30.3 Å². The zero-order chi connectivity index (χ0) is 18.5. The van der Waals surface area contributed by atoms with Gasteiger partial charge in [-0.1, -0.05) is 23.4 Å². The number of nitrogens with zero attached hydrogens (tertiary/aromatic N) is 4. The zero-order valence-electron chi connectivity index (χ0n) is 14.9. The smallest absolute Gasteiger partial charge is 0.228 e. The van der Waals surface area contributed by atoms with Crippen molar-refractivity contribution >= 4 is 29.3 Å². The predicted octanol–water partition coefficient (Wildman–Crippen LogP) is 4.34. The minimum Gasteiger partial charge on any atom is -0.493 e. The van der Waals surface area contributed by atoms with Gasteiger partial charge in [0, 0.05) is 23.9 Å². The molecule has 0 bridgehead atoms. The summed E-state index contributed by atoms with van der Waals surface area (Å²) in [6.07, 6.45) is 4.10. The van der Waals surface area contributed by atoms with Gasteiger partial charge in [-0.2, -0.15) is 0 Å². The van der Waals surface area contributed by atoms with E-state index in [9.17, 15) is 0 Å². The van der Waals surface area contributed by atoms with Gasteiger partial charge in [0.2, 0.25) is 5.95 Å². The molecule has 4 rings (SSSR count). The monoisotopic (exact) mass is 404 g/mol. The van der Waals surface area contributed by atoms with Gasteiger partial charge in [0.05, 0.1) is 19.4 Å². The lowest BCUT2D eigenvalue weighted by atomic mass is 10.3. The van der Waals surface area contributed by atoms with Crippen LogP contribution < -0.4 is 9.64 Å². The van der Waals surface area contributed by atoms with Crippen LogP contribution in [0, 0.1) is 0 Å². The molecule has 1 aliphatic heterocycles. The second-order valence-corrected chi connectivity index (χ2v) is 7.79. The van der Waals surface area contributed by atoms with Crippen molar-refractivity contribution in [1.29, 1.82) is 0 Å². The van der Waals surface area contributed by atoms with E-state index in [0.717, 1.165) is 41.5 Å². The van der Waals surface area contributed by atoms with Crippen LogP contribution in [0.4, 0.5) is 5.95 Å². The molecule has 1 aromatic carbocycles. The summed E-state index contributed by atoms with van der Waals surface area (Å²) in [6, 6.07) is 11.3. The highest BCUT2D eigenvalue weighted by Gasteiger charge is 2.22. The van der Waals surface area contributed by atoms with E-state index in [0.29, 0.717) is 18.2 Å². The molecule has 0 aliphatic carbocycles. The number of hydrogen-bond acceptors (Lipinski definition) is 6. The number of rotatable bonds is 8. The van der Waals surface area contributed by atoms with Crippen LogP contribution in [0.5, 0.6) is 5.75 Å². The van der Waals surface area contributed by atoms with Gasteiger partial charge in [-0.15, -0.1) is 10.2 Å². The van der Waals surface area contributed by atoms with Crippen LogP contribution in [-0.2, 0) is 6.54 Å². The standard InChI is InChI=1S/C19H21ClN4O2S/c20-15-5-7-16(8-6-15)26-12-13-27-19-22-21-18(23-9-1-2-10-23)24(19)14-17-4-3-11-25-17/h3-8,11H,1-2,9-10,12-14H2. The number of hydrogen-bond donors (Lipinski definition) is 0. The minimum absolute atomic E-state index is 0.582. The maximum Gasteiger partial charge on any atom is 0.228 e.